The molecule has 0 aliphatic rings. The minimum atomic E-state index is -0.798. The number of benzene rings is 1. The molecule has 0 heterocycles. The lowest BCUT2D eigenvalue weighted by atomic mass is 9.99. The molecular weight excluding hydrogens is 394 g/mol. The first-order valence-corrected chi connectivity index (χ1v) is 12.2. The fourth-order valence-corrected chi connectivity index (χ4v) is 3.61. The van der Waals surface area contributed by atoms with Crippen molar-refractivity contribution in [2.45, 2.75) is 97.3 Å². The van der Waals surface area contributed by atoms with Crippen molar-refractivity contribution in [3.63, 3.8) is 0 Å². The van der Waals surface area contributed by atoms with Crippen LogP contribution in [0.5, 0.6) is 5.75 Å². The monoisotopic (exact) mass is 435 g/mol. The minimum absolute atomic E-state index is 0.117. The molecule has 170 valence electrons. The zero-order valence-corrected chi connectivity index (χ0v) is 19.8. The second-order valence-electron chi connectivity index (χ2n) is 8.27. The van der Waals surface area contributed by atoms with Crippen LogP contribution in [0.15, 0.2) is 24.3 Å². The van der Waals surface area contributed by atoms with E-state index in [9.17, 15) is 4.79 Å². The lowest BCUT2D eigenvalue weighted by Crippen LogP contribution is -2.10. The molecule has 0 fully saturated rings. The Morgan fingerprint density at radius 2 is 1.63 bits per heavy atom. The van der Waals surface area contributed by atoms with Crippen molar-refractivity contribution in [3.05, 3.63) is 24.3 Å². The Labute approximate surface area is 188 Å². The number of aliphatic carboxylic acids is 1. The minimum Gasteiger partial charge on any atom is -0.491 e. The van der Waals surface area contributed by atoms with Gasteiger partial charge < -0.3 is 15.2 Å². The number of para-hydroxylation sites is 2. The van der Waals surface area contributed by atoms with Gasteiger partial charge >= 0.3 is 5.97 Å². The summed E-state index contributed by atoms with van der Waals surface area (Å²) in [6.45, 7) is 5.02. The van der Waals surface area contributed by atoms with Crippen molar-refractivity contribution in [3.8, 4) is 5.75 Å². The first kappa shape index (κ1) is 26.4. The second-order valence-corrected chi connectivity index (χ2v) is 8.76. The van der Waals surface area contributed by atoms with Crippen molar-refractivity contribution >= 4 is 28.9 Å². The van der Waals surface area contributed by atoms with E-state index in [1.54, 1.807) is 0 Å². The molecule has 1 unspecified atom stereocenters. The lowest BCUT2D eigenvalue weighted by molar-refractivity contribution is -0.137. The number of hydrogen-bond acceptors (Lipinski definition) is 3. The van der Waals surface area contributed by atoms with Crippen LogP contribution in [0.1, 0.15) is 97.3 Å². The molecule has 0 aliphatic heterocycles. The predicted octanol–water partition coefficient (Wildman–Crippen LogP) is 7.62. The highest BCUT2D eigenvalue weighted by atomic mass is 32.1. The van der Waals surface area contributed by atoms with E-state index in [4.69, 9.17) is 22.1 Å². The Kier molecular flexibility index (Phi) is 15.1. The van der Waals surface area contributed by atoms with Crippen LogP contribution in [0.4, 0.5) is 5.69 Å². The van der Waals surface area contributed by atoms with Gasteiger partial charge in [-0.3, -0.25) is 4.79 Å². The van der Waals surface area contributed by atoms with Crippen molar-refractivity contribution in [1.82, 2.24) is 0 Å². The fourth-order valence-electron chi connectivity index (χ4n) is 3.36. The van der Waals surface area contributed by atoms with Crippen LogP contribution in [0.25, 0.3) is 0 Å². The average molecular weight is 436 g/mol. The summed E-state index contributed by atoms with van der Waals surface area (Å²) in [4.78, 5) is 11.4. The number of anilines is 1. The van der Waals surface area contributed by atoms with E-state index >= 15 is 0 Å². The largest absolute Gasteiger partial charge is 0.491 e. The fraction of sp³-hybridized carbons (Fsp3) is 0.680. The van der Waals surface area contributed by atoms with Crippen LogP contribution < -0.4 is 10.1 Å². The maximum atomic E-state index is 10.6. The summed E-state index contributed by atoms with van der Waals surface area (Å²) in [7, 11) is 0. The van der Waals surface area contributed by atoms with Gasteiger partial charge in [-0.25, -0.2) is 0 Å². The molecule has 2 N–H and O–H groups in total. The van der Waals surface area contributed by atoms with E-state index in [0.29, 0.717) is 13.0 Å². The van der Waals surface area contributed by atoms with Crippen LogP contribution in [-0.4, -0.2) is 22.7 Å². The molecule has 5 heteroatoms. The molecule has 0 bridgehead atoms. The SMILES string of the molecule is CCC(C)CCCCCCCCCCC(=S)Nc1ccccc1OCCCC(=O)O. The maximum Gasteiger partial charge on any atom is 0.303 e. The molecule has 0 spiro atoms. The molecule has 0 saturated carbocycles. The normalized spacial score (nSPS) is 11.8. The molecule has 0 amide bonds. The van der Waals surface area contributed by atoms with E-state index in [0.717, 1.165) is 35.2 Å². The standard InChI is InChI=1S/C25H41NO3S/c1-3-21(2)15-10-8-6-4-5-7-9-11-18-24(30)26-22-16-12-13-17-23(22)29-20-14-19-25(27)28/h12-13,16-17,21H,3-11,14-15,18-20H2,1-2H3,(H,26,30)(H,27,28). The number of rotatable bonds is 18. The maximum absolute atomic E-state index is 10.6. The summed E-state index contributed by atoms with van der Waals surface area (Å²) in [6, 6.07) is 7.68. The van der Waals surface area contributed by atoms with E-state index in [2.05, 4.69) is 19.2 Å². The van der Waals surface area contributed by atoms with Crippen LogP contribution in [0.2, 0.25) is 0 Å². The molecule has 4 nitrogen and oxygen atoms in total. The van der Waals surface area contributed by atoms with E-state index in [-0.39, 0.29) is 6.42 Å². The van der Waals surface area contributed by atoms with Gasteiger partial charge in [-0.05, 0) is 37.3 Å². The van der Waals surface area contributed by atoms with Crippen molar-refractivity contribution in [1.29, 1.82) is 0 Å². The van der Waals surface area contributed by atoms with Gasteiger partial charge in [0.15, 0.2) is 0 Å². The number of nitrogens with one attached hydrogen (secondary N) is 1. The Hall–Kier alpha value is -1.62. The van der Waals surface area contributed by atoms with Crippen molar-refractivity contribution < 1.29 is 14.6 Å². The van der Waals surface area contributed by atoms with Crippen molar-refractivity contribution in [2.75, 3.05) is 11.9 Å². The number of ether oxygens (including phenoxy) is 1. The Bertz CT molecular complexity index is 606. The summed E-state index contributed by atoms with van der Waals surface area (Å²) in [5, 5.41) is 12.0. The lowest BCUT2D eigenvalue weighted by Gasteiger charge is -2.13. The Morgan fingerprint density at radius 3 is 2.30 bits per heavy atom. The predicted molar refractivity (Wildman–Crippen MR) is 131 cm³/mol. The molecule has 0 saturated heterocycles. The van der Waals surface area contributed by atoms with Gasteiger partial charge in [-0.1, -0.05) is 96.0 Å². The molecule has 1 aromatic carbocycles. The van der Waals surface area contributed by atoms with E-state index in [1.807, 2.05) is 24.3 Å². The molecule has 1 atom stereocenters. The number of thiocarbonyl (C=S) groups is 1. The zero-order chi connectivity index (χ0) is 22.0. The van der Waals surface area contributed by atoms with Crippen LogP contribution in [-0.2, 0) is 4.79 Å². The summed E-state index contributed by atoms with van der Waals surface area (Å²) >= 11 is 5.50. The molecule has 1 aromatic rings. The number of hydrogen-bond donors (Lipinski definition) is 2. The summed E-state index contributed by atoms with van der Waals surface area (Å²) in [5.41, 5.74) is 0.857. The number of carboxylic acids is 1. The average Bonchev–Trinajstić information content (AvgIpc) is 2.73. The number of carboxylic acid groups (broad SMARTS) is 1. The summed E-state index contributed by atoms with van der Waals surface area (Å²) < 4.78 is 5.72. The quantitative estimate of drug-likeness (QED) is 0.183. The van der Waals surface area contributed by atoms with Gasteiger partial charge in [0.1, 0.15) is 5.75 Å². The summed E-state index contributed by atoms with van der Waals surface area (Å²) in [6.07, 6.45) is 14.7. The summed E-state index contributed by atoms with van der Waals surface area (Å²) in [5.74, 6) is 0.810. The van der Waals surface area contributed by atoms with Gasteiger partial charge in [0.25, 0.3) is 0 Å². The Morgan fingerprint density at radius 1 is 1.00 bits per heavy atom. The third-order valence-electron chi connectivity index (χ3n) is 5.50. The second kappa shape index (κ2) is 17.1. The number of carbonyl (C=O) groups is 1. The highest BCUT2D eigenvalue weighted by Gasteiger charge is 2.06. The van der Waals surface area contributed by atoms with Gasteiger partial charge in [0.2, 0.25) is 0 Å². The highest BCUT2D eigenvalue weighted by Crippen LogP contribution is 2.24. The molecule has 1 rings (SSSR count). The van der Waals surface area contributed by atoms with E-state index < -0.39 is 5.97 Å². The van der Waals surface area contributed by atoms with Gasteiger partial charge in [-0.2, -0.15) is 0 Å². The molecule has 30 heavy (non-hydrogen) atoms. The molecule has 0 radical (unpaired) electrons. The first-order chi connectivity index (χ1) is 14.5. The van der Waals surface area contributed by atoms with Gasteiger partial charge in [-0.15, -0.1) is 0 Å². The number of unbranched alkanes of at least 4 members (excludes halogenated alkanes) is 7. The molecule has 0 aromatic heterocycles. The van der Waals surface area contributed by atoms with E-state index in [1.165, 1.54) is 57.8 Å². The van der Waals surface area contributed by atoms with Crippen LogP contribution >= 0.6 is 12.2 Å². The zero-order valence-electron chi connectivity index (χ0n) is 19.0. The smallest absolute Gasteiger partial charge is 0.303 e. The third-order valence-corrected chi connectivity index (χ3v) is 5.81. The topological polar surface area (TPSA) is 58.6 Å². The van der Waals surface area contributed by atoms with Gasteiger partial charge in [0.05, 0.1) is 17.3 Å². The Balaban J connectivity index is 2.11. The van der Waals surface area contributed by atoms with Gasteiger partial charge in [0, 0.05) is 6.42 Å². The van der Waals surface area contributed by atoms with Crippen LogP contribution in [0.3, 0.4) is 0 Å². The molecule has 0 aliphatic carbocycles. The third kappa shape index (κ3) is 13.6. The first-order valence-electron chi connectivity index (χ1n) is 11.8. The highest BCUT2D eigenvalue weighted by molar-refractivity contribution is 7.80. The van der Waals surface area contributed by atoms with Crippen molar-refractivity contribution in [2.24, 2.45) is 5.92 Å². The molecular formula is C25H41NO3S. The van der Waals surface area contributed by atoms with Crippen LogP contribution in [0, 0.1) is 5.92 Å².